The van der Waals surface area contributed by atoms with Crippen molar-refractivity contribution in [2.75, 3.05) is 0 Å². The number of aliphatic carboxylic acids is 1. The van der Waals surface area contributed by atoms with Crippen LogP contribution in [0.4, 0.5) is 0 Å². The Morgan fingerprint density at radius 1 is 1.21 bits per heavy atom. The monoisotopic (exact) mass is 266 g/mol. The van der Waals surface area contributed by atoms with E-state index in [1.54, 1.807) is 0 Å². The minimum atomic E-state index is -1.02. The van der Waals surface area contributed by atoms with Gasteiger partial charge in [0.15, 0.2) is 0 Å². The smallest absolute Gasteiger partial charge is 0.256 e. The number of rotatable bonds is 10. The van der Waals surface area contributed by atoms with Crippen LogP contribution < -0.4 is 9.67 Å². The summed E-state index contributed by atoms with van der Waals surface area (Å²) in [6.45, 7) is 5.25. The van der Waals surface area contributed by atoms with E-state index >= 15 is 0 Å². The molecule has 0 aliphatic rings. The first-order valence-corrected chi connectivity index (χ1v) is 7.46. The second-order valence-corrected chi connectivity index (χ2v) is 5.07. The Labute approximate surface area is 116 Å². The fourth-order valence-corrected chi connectivity index (χ4v) is 2.40. The van der Waals surface area contributed by atoms with Crippen molar-refractivity contribution in [2.24, 2.45) is 0 Å². The number of aromatic nitrogens is 2. The fraction of sp³-hybridized carbons (Fsp3) is 0.733. The molecule has 1 rings (SSSR count). The highest BCUT2D eigenvalue weighted by Crippen LogP contribution is 2.07. The van der Waals surface area contributed by atoms with E-state index in [1.165, 1.54) is 25.7 Å². The van der Waals surface area contributed by atoms with Crippen molar-refractivity contribution in [3.63, 3.8) is 0 Å². The number of unbranched alkanes of at least 4 members (excludes halogenated alkanes) is 4. The van der Waals surface area contributed by atoms with Crippen molar-refractivity contribution in [3.8, 4) is 0 Å². The van der Waals surface area contributed by atoms with Crippen LogP contribution in [0.25, 0.3) is 0 Å². The van der Waals surface area contributed by atoms with Gasteiger partial charge in [-0.15, -0.1) is 0 Å². The first-order valence-electron chi connectivity index (χ1n) is 7.46. The lowest BCUT2D eigenvalue weighted by Crippen LogP contribution is -2.45. The van der Waals surface area contributed by atoms with E-state index in [0.29, 0.717) is 0 Å². The summed E-state index contributed by atoms with van der Waals surface area (Å²) in [7, 11) is 0. The molecule has 0 radical (unpaired) electrons. The van der Waals surface area contributed by atoms with E-state index in [0.717, 1.165) is 31.6 Å². The van der Waals surface area contributed by atoms with E-state index in [2.05, 4.69) is 18.4 Å². The third kappa shape index (κ3) is 5.45. The fourth-order valence-electron chi connectivity index (χ4n) is 2.40. The summed E-state index contributed by atoms with van der Waals surface area (Å²) < 4.78 is 3.98. The Morgan fingerprint density at radius 3 is 2.58 bits per heavy atom. The molecule has 0 spiro atoms. The number of carbonyl (C=O) groups excluding carboxylic acids is 1. The number of carboxylic acid groups (broad SMARTS) is 1. The third-order valence-electron chi connectivity index (χ3n) is 3.36. The Kier molecular flexibility index (Phi) is 7.23. The molecule has 0 unspecified atom stereocenters. The summed E-state index contributed by atoms with van der Waals surface area (Å²) in [5.74, 6) is 0.0917. The highest BCUT2D eigenvalue weighted by atomic mass is 16.4. The van der Waals surface area contributed by atoms with Crippen molar-refractivity contribution in [3.05, 3.63) is 18.2 Å². The predicted octanol–water partition coefficient (Wildman–Crippen LogP) is 1.45. The molecular formula is C15H26N2O2. The summed E-state index contributed by atoms with van der Waals surface area (Å²) in [6, 6.07) is 0. The minimum Gasteiger partial charge on any atom is -0.546 e. The maximum atomic E-state index is 10.8. The zero-order chi connectivity index (χ0) is 14.1. The number of carbonyl (C=O) groups is 1. The van der Waals surface area contributed by atoms with Crippen molar-refractivity contribution in [1.82, 2.24) is 4.57 Å². The van der Waals surface area contributed by atoms with Gasteiger partial charge in [-0.25, -0.2) is 9.13 Å². The standard InChI is InChI=1S/C15H26N2O2/c1-3-5-6-7-8-9-14-16(10-4-2)11-12-17(14)13-15(18)19/h11-12H,3-10,13H2,1-2H3. The molecule has 4 heteroatoms. The Hall–Kier alpha value is -1.32. The van der Waals surface area contributed by atoms with Crippen molar-refractivity contribution in [1.29, 1.82) is 0 Å². The van der Waals surface area contributed by atoms with Crippen LogP contribution in [0.3, 0.4) is 0 Å². The zero-order valence-electron chi connectivity index (χ0n) is 12.2. The first-order chi connectivity index (χ1) is 9.19. The second kappa shape index (κ2) is 8.73. The van der Waals surface area contributed by atoms with E-state index in [1.807, 2.05) is 17.0 Å². The maximum Gasteiger partial charge on any atom is 0.256 e. The van der Waals surface area contributed by atoms with E-state index < -0.39 is 5.97 Å². The van der Waals surface area contributed by atoms with Gasteiger partial charge in [0, 0.05) is 6.42 Å². The molecule has 0 N–H and O–H groups in total. The molecule has 4 nitrogen and oxygen atoms in total. The molecule has 0 saturated heterocycles. The average Bonchev–Trinajstić information content (AvgIpc) is 2.72. The minimum absolute atomic E-state index is 0.0407. The van der Waals surface area contributed by atoms with Crippen molar-refractivity contribution in [2.45, 2.75) is 71.9 Å². The molecule has 108 valence electrons. The van der Waals surface area contributed by atoms with Crippen molar-refractivity contribution >= 4 is 5.97 Å². The average molecular weight is 266 g/mol. The lowest BCUT2D eigenvalue weighted by molar-refractivity contribution is -0.697. The molecule has 1 aromatic heterocycles. The Morgan fingerprint density at radius 2 is 1.95 bits per heavy atom. The summed E-state index contributed by atoms with van der Waals surface area (Å²) >= 11 is 0. The van der Waals surface area contributed by atoms with Gasteiger partial charge in [0.2, 0.25) is 0 Å². The quantitative estimate of drug-likeness (QED) is 0.475. The van der Waals surface area contributed by atoms with E-state index in [4.69, 9.17) is 0 Å². The largest absolute Gasteiger partial charge is 0.546 e. The second-order valence-electron chi connectivity index (χ2n) is 5.07. The molecule has 0 atom stereocenters. The van der Waals surface area contributed by atoms with Crippen LogP contribution in [-0.2, 0) is 24.3 Å². The normalized spacial score (nSPS) is 10.8. The molecule has 1 heterocycles. The van der Waals surface area contributed by atoms with Gasteiger partial charge >= 0.3 is 0 Å². The molecule has 0 bridgehead atoms. The molecule has 0 aromatic carbocycles. The van der Waals surface area contributed by atoms with Crippen LogP contribution in [0.15, 0.2) is 12.4 Å². The third-order valence-corrected chi connectivity index (χ3v) is 3.36. The number of aryl methyl sites for hydroxylation is 1. The summed E-state index contributed by atoms with van der Waals surface area (Å²) in [6.07, 6.45) is 12.0. The molecule has 0 saturated carbocycles. The van der Waals surface area contributed by atoms with Gasteiger partial charge in [-0.2, -0.15) is 0 Å². The highest BCUT2D eigenvalue weighted by molar-refractivity contribution is 5.62. The van der Waals surface area contributed by atoms with E-state index in [-0.39, 0.29) is 6.54 Å². The lowest BCUT2D eigenvalue weighted by Gasteiger charge is -2.05. The van der Waals surface area contributed by atoms with Crippen LogP contribution in [0.1, 0.15) is 58.2 Å². The molecule has 1 aromatic rings. The number of hydrogen-bond donors (Lipinski definition) is 0. The van der Waals surface area contributed by atoms with Crippen LogP contribution in [0.2, 0.25) is 0 Å². The zero-order valence-corrected chi connectivity index (χ0v) is 12.2. The summed E-state index contributed by atoms with van der Waals surface area (Å²) in [5, 5.41) is 10.8. The molecular weight excluding hydrogens is 240 g/mol. The van der Waals surface area contributed by atoms with Gasteiger partial charge in [0.05, 0.1) is 12.5 Å². The Bertz CT molecular complexity index is 385. The number of imidazole rings is 1. The highest BCUT2D eigenvalue weighted by Gasteiger charge is 2.16. The summed E-state index contributed by atoms with van der Waals surface area (Å²) in [4.78, 5) is 10.8. The van der Waals surface area contributed by atoms with Gasteiger partial charge in [-0.1, -0.05) is 39.5 Å². The molecule has 0 aliphatic heterocycles. The van der Waals surface area contributed by atoms with Gasteiger partial charge in [-0.3, -0.25) is 0 Å². The predicted molar refractivity (Wildman–Crippen MR) is 72.4 cm³/mol. The van der Waals surface area contributed by atoms with Gasteiger partial charge in [0.1, 0.15) is 18.9 Å². The van der Waals surface area contributed by atoms with Crippen LogP contribution in [0, 0.1) is 0 Å². The number of carboxylic acids is 1. The molecule has 0 fully saturated rings. The number of nitrogens with zero attached hydrogens (tertiary/aromatic N) is 2. The molecule has 0 amide bonds. The SMILES string of the molecule is CCCCCCCc1n(CCC)cc[n+]1CC(=O)[O-]. The molecule has 0 aliphatic carbocycles. The first kappa shape index (κ1) is 15.7. The van der Waals surface area contributed by atoms with Crippen LogP contribution in [-0.4, -0.2) is 10.5 Å². The summed E-state index contributed by atoms with van der Waals surface area (Å²) in [5.41, 5.74) is 0. The van der Waals surface area contributed by atoms with Gasteiger partial charge in [-0.05, 0) is 12.8 Å². The van der Waals surface area contributed by atoms with E-state index in [9.17, 15) is 9.90 Å². The van der Waals surface area contributed by atoms with Gasteiger partial charge in [0.25, 0.3) is 5.82 Å². The topological polar surface area (TPSA) is 48.9 Å². The lowest BCUT2D eigenvalue weighted by atomic mass is 10.1. The maximum absolute atomic E-state index is 10.8. The van der Waals surface area contributed by atoms with Crippen molar-refractivity contribution < 1.29 is 14.5 Å². The Balaban J connectivity index is 2.59. The van der Waals surface area contributed by atoms with Gasteiger partial charge < -0.3 is 9.90 Å². The number of hydrogen-bond acceptors (Lipinski definition) is 2. The van der Waals surface area contributed by atoms with Crippen LogP contribution in [0.5, 0.6) is 0 Å². The molecule has 19 heavy (non-hydrogen) atoms. The van der Waals surface area contributed by atoms with Crippen LogP contribution >= 0.6 is 0 Å².